The van der Waals surface area contributed by atoms with Crippen LogP contribution in [0.15, 0.2) is 24.5 Å². The summed E-state index contributed by atoms with van der Waals surface area (Å²) in [5.41, 5.74) is 6.45. The molecule has 3 N–H and O–H groups in total. The van der Waals surface area contributed by atoms with Crippen molar-refractivity contribution in [2.45, 2.75) is 6.92 Å². The molecule has 1 heterocycles. The Kier molecular flexibility index (Phi) is 4.82. The van der Waals surface area contributed by atoms with Crippen LogP contribution in [0, 0.1) is 0 Å². The SMILES string of the molecule is CCOc1cccc(N)c1C(=O)Nc1c(Cl)ncnc1Cl. The molecule has 1 amide bonds. The van der Waals surface area contributed by atoms with Gasteiger partial charge in [0.2, 0.25) is 0 Å². The Balaban J connectivity index is 2.37. The molecule has 110 valence electrons. The number of halogens is 2. The first-order valence-corrected chi connectivity index (χ1v) is 6.78. The predicted molar refractivity (Wildman–Crippen MR) is 82.0 cm³/mol. The molecule has 0 atom stereocenters. The fraction of sp³-hybridized carbons (Fsp3) is 0.154. The van der Waals surface area contributed by atoms with Crippen molar-refractivity contribution >= 4 is 40.5 Å². The standard InChI is InChI=1S/C13H12Cl2N4O2/c1-2-21-8-5-3-4-7(16)9(8)13(20)19-10-11(14)17-6-18-12(10)15/h3-6H,2,16H2,1H3,(H,19,20). The van der Waals surface area contributed by atoms with Crippen LogP contribution in [0.1, 0.15) is 17.3 Å². The molecule has 0 unspecified atom stereocenters. The van der Waals surface area contributed by atoms with Gasteiger partial charge in [-0.3, -0.25) is 4.79 Å². The highest BCUT2D eigenvalue weighted by molar-refractivity contribution is 6.38. The molecule has 0 aliphatic rings. The van der Waals surface area contributed by atoms with Crippen LogP contribution in [0.3, 0.4) is 0 Å². The highest BCUT2D eigenvalue weighted by Crippen LogP contribution is 2.29. The van der Waals surface area contributed by atoms with Crippen LogP contribution in [0.5, 0.6) is 5.75 Å². The molecule has 8 heteroatoms. The second-order valence-corrected chi connectivity index (χ2v) is 4.65. The van der Waals surface area contributed by atoms with Crippen molar-refractivity contribution in [3.8, 4) is 5.75 Å². The highest BCUT2D eigenvalue weighted by atomic mass is 35.5. The first-order chi connectivity index (χ1) is 10.0. The molecule has 21 heavy (non-hydrogen) atoms. The molecule has 0 saturated carbocycles. The number of rotatable bonds is 4. The average Bonchev–Trinajstić information content (AvgIpc) is 2.43. The first kappa shape index (κ1) is 15.3. The number of nitrogen functional groups attached to an aromatic ring is 1. The summed E-state index contributed by atoms with van der Waals surface area (Å²) in [6, 6.07) is 4.95. The zero-order valence-electron chi connectivity index (χ0n) is 11.1. The molecule has 2 aromatic rings. The summed E-state index contributed by atoms with van der Waals surface area (Å²) in [6.45, 7) is 2.21. The number of amides is 1. The zero-order valence-corrected chi connectivity index (χ0v) is 12.6. The minimum Gasteiger partial charge on any atom is -0.493 e. The van der Waals surface area contributed by atoms with E-state index in [0.717, 1.165) is 0 Å². The van der Waals surface area contributed by atoms with Gasteiger partial charge in [0, 0.05) is 5.69 Å². The number of carbonyl (C=O) groups excluding carboxylic acids is 1. The number of ether oxygens (including phenoxy) is 1. The number of nitrogens with two attached hydrogens (primary N) is 1. The lowest BCUT2D eigenvalue weighted by Gasteiger charge is -2.13. The first-order valence-electron chi connectivity index (χ1n) is 6.03. The van der Waals surface area contributed by atoms with E-state index in [1.165, 1.54) is 6.33 Å². The summed E-state index contributed by atoms with van der Waals surface area (Å²) in [7, 11) is 0. The van der Waals surface area contributed by atoms with Gasteiger partial charge in [0.1, 0.15) is 23.3 Å². The van der Waals surface area contributed by atoms with Gasteiger partial charge in [-0.25, -0.2) is 9.97 Å². The van der Waals surface area contributed by atoms with Gasteiger partial charge in [-0.1, -0.05) is 29.3 Å². The number of hydrogen-bond acceptors (Lipinski definition) is 5. The summed E-state index contributed by atoms with van der Waals surface area (Å²) in [6.07, 6.45) is 1.20. The van der Waals surface area contributed by atoms with Crippen LogP contribution in [0.25, 0.3) is 0 Å². The van der Waals surface area contributed by atoms with E-state index in [4.69, 9.17) is 33.7 Å². The number of anilines is 2. The quantitative estimate of drug-likeness (QED) is 0.665. The van der Waals surface area contributed by atoms with Crippen LogP contribution >= 0.6 is 23.2 Å². The van der Waals surface area contributed by atoms with Gasteiger partial charge in [0.05, 0.1) is 6.61 Å². The molecular formula is C13H12Cl2N4O2. The van der Waals surface area contributed by atoms with E-state index in [1.807, 2.05) is 6.92 Å². The minimum absolute atomic E-state index is 0.0378. The van der Waals surface area contributed by atoms with Gasteiger partial charge >= 0.3 is 0 Å². The van der Waals surface area contributed by atoms with E-state index in [2.05, 4.69) is 15.3 Å². The third-order valence-electron chi connectivity index (χ3n) is 2.58. The fourth-order valence-electron chi connectivity index (χ4n) is 1.69. The van der Waals surface area contributed by atoms with E-state index in [-0.39, 0.29) is 27.2 Å². The Morgan fingerprint density at radius 3 is 2.62 bits per heavy atom. The van der Waals surface area contributed by atoms with Crippen LogP contribution in [0.4, 0.5) is 11.4 Å². The Hall–Kier alpha value is -2.05. The topological polar surface area (TPSA) is 90.1 Å². The van der Waals surface area contributed by atoms with Gasteiger partial charge in [-0.05, 0) is 19.1 Å². The van der Waals surface area contributed by atoms with E-state index in [1.54, 1.807) is 18.2 Å². The van der Waals surface area contributed by atoms with Crippen molar-refractivity contribution in [2.75, 3.05) is 17.7 Å². The summed E-state index contributed by atoms with van der Waals surface area (Å²) in [5, 5.41) is 2.62. The van der Waals surface area contributed by atoms with Crippen molar-refractivity contribution in [1.29, 1.82) is 0 Å². The summed E-state index contributed by atoms with van der Waals surface area (Å²) in [4.78, 5) is 19.9. The Morgan fingerprint density at radius 2 is 2.00 bits per heavy atom. The number of nitrogens with zero attached hydrogens (tertiary/aromatic N) is 2. The monoisotopic (exact) mass is 326 g/mol. The van der Waals surface area contributed by atoms with Gasteiger partial charge < -0.3 is 15.8 Å². The zero-order chi connectivity index (χ0) is 15.4. The second kappa shape index (κ2) is 6.60. The van der Waals surface area contributed by atoms with Crippen molar-refractivity contribution < 1.29 is 9.53 Å². The van der Waals surface area contributed by atoms with Gasteiger partial charge in [0.15, 0.2) is 10.3 Å². The second-order valence-electron chi connectivity index (χ2n) is 3.94. The van der Waals surface area contributed by atoms with E-state index >= 15 is 0 Å². The number of hydrogen-bond donors (Lipinski definition) is 2. The van der Waals surface area contributed by atoms with Crippen molar-refractivity contribution in [3.05, 3.63) is 40.4 Å². The lowest BCUT2D eigenvalue weighted by molar-refractivity contribution is 0.102. The largest absolute Gasteiger partial charge is 0.493 e. The number of benzene rings is 1. The van der Waals surface area contributed by atoms with Gasteiger partial charge in [0.25, 0.3) is 5.91 Å². The Bertz CT molecular complexity index is 659. The van der Waals surface area contributed by atoms with E-state index in [0.29, 0.717) is 12.4 Å². The molecule has 0 radical (unpaired) electrons. The molecule has 0 bridgehead atoms. The normalized spacial score (nSPS) is 10.2. The van der Waals surface area contributed by atoms with Gasteiger partial charge in [-0.15, -0.1) is 0 Å². The molecule has 6 nitrogen and oxygen atoms in total. The number of aromatic nitrogens is 2. The average molecular weight is 327 g/mol. The molecule has 1 aromatic heterocycles. The van der Waals surface area contributed by atoms with Crippen molar-refractivity contribution in [1.82, 2.24) is 9.97 Å². The van der Waals surface area contributed by atoms with Crippen molar-refractivity contribution in [2.24, 2.45) is 0 Å². The van der Waals surface area contributed by atoms with E-state index < -0.39 is 5.91 Å². The van der Waals surface area contributed by atoms with Gasteiger partial charge in [-0.2, -0.15) is 0 Å². The molecule has 0 fully saturated rings. The van der Waals surface area contributed by atoms with Crippen LogP contribution < -0.4 is 15.8 Å². The Morgan fingerprint density at radius 1 is 1.33 bits per heavy atom. The van der Waals surface area contributed by atoms with E-state index in [9.17, 15) is 4.79 Å². The highest BCUT2D eigenvalue weighted by Gasteiger charge is 2.19. The summed E-state index contributed by atoms with van der Waals surface area (Å²) >= 11 is 11.8. The maximum absolute atomic E-state index is 12.4. The maximum atomic E-state index is 12.4. The number of nitrogens with one attached hydrogen (secondary N) is 1. The lowest BCUT2D eigenvalue weighted by Crippen LogP contribution is -2.17. The van der Waals surface area contributed by atoms with Crippen LogP contribution in [0.2, 0.25) is 10.3 Å². The maximum Gasteiger partial charge on any atom is 0.261 e. The lowest BCUT2D eigenvalue weighted by atomic mass is 10.1. The van der Waals surface area contributed by atoms with Crippen LogP contribution in [-0.2, 0) is 0 Å². The summed E-state index contributed by atoms with van der Waals surface area (Å²) < 4.78 is 5.40. The Labute approximate surface area is 131 Å². The molecule has 2 rings (SSSR count). The third-order valence-corrected chi connectivity index (χ3v) is 3.15. The van der Waals surface area contributed by atoms with Crippen LogP contribution in [-0.4, -0.2) is 22.5 Å². The summed E-state index contributed by atoms with van der Waals surface area (Å²) in [5.74, 6) is -0.130. The fourth-order valence-corrected chi connectivity index (χ4v) is 2.10. The molecule has 0 spiro atoms. The smallest absolute Gasteiger partial charge is 0.261 e. The molecule has 0 saturated heterocycles. The molecular weight excluding hydrogens is 315 g/mol. The minimum atomic E-state index is -0.504. The number of carbonyl (C=O) groups is 1. The van der Waals surface area contributed by atoms with Crippen molar-refractivity contribution in [3.63, 3.8) is 0 Å². The predicted octanol–water partition coefficient (Wildman–Crippen LogP) is 3.02. The molecule has 0 aliphatic heterocycles. The molecule has 0 aliphatic carbocycles. The molecule has 1 aromatic carbocycles. The third kappa shape index (κ3) is 3.34.